The van der Waals surface area contributed by atoms with Crippen molar-refractivity contribution in [3.05, 3.63) is 0 Å². The van der Waals surface area contributed by atoms with E-state index in [9.17, 15) is 14.4 Å². The minimum absolute atomic E-state index is 0.0603. The molecular formula is C67H130O6. The Labute approximate surface area is 457 Å². The van der Waals surface area contributed by atoms with Crippen LogP contribution in [-0.2, 0) is 28.6 Å². The van der Waals surface area contributed by atoms with Gasteiger partial charge in [-0.2, -0.15) is 0 Å². The highest BCUT2D eigenvalue weighted by Crippen LogP contribution is 2.19. The summed E-state index contributed by atoms with van der Waals surface area (Å²) < 4.78 is 17.0. The molecule has 6 heteroatoms. The molecule has 0 aromatic heterocycles. The first-order valence-electron chi connectivity index (χ1n) is 33.5. The van der Waals surface area contributed by atoms with Crippen molar-refractivity contribution in [2.45, 2.75) is 399 Å². The number of ether oxygens (including phenoxy) is 3. The lowest BCUT2D eigenvalue weighted by molar-refractivity contribution is -0.167. The number of hydrogen-bond acceptors (Lipinski definition) is 6. The largest absolute Gasteiger partial charge is 0.462 e. The molecule has 0 N–H and O–H groups in total. The van der Waals surface area contributed by atoms with Crippen LogP contribution in [0.4, 0.5) is 0 Å². The van der Waals surface area contributed by atoms with Crippen LogP contribution in [-0.4, -0.2) is 37.2 Å². The third-order valence-electron chi connectivity index (χ3n) is 15.6. The molecule has 0 bridgehead atoms. The van der Waals surface area contributed by atoms with E-state index >= 15 is 0 Å². The molecule has 0 aliphatic rings. The van der Waals surface area contributed by atoms with Gasteiger partial charge in [0.25, 0.3) is 0 Å². The molecule has 0 spiro atoms. The van der Waals surface area contributed by atoms with E-state index in [1.165, 1.54) is 295 Å². The number of hydrogen-bond donors (Lipinski definition) is 0. The number of rotatable bonds is 63. The fourth-order valence-corrected chi connectivity index (χ4v) is 10.6. The van der Waals surface area contributed by atoms with Gasteiger partial charge in [-0.05, 0) is 19.3 Å². The second-order valence-electron chi connectivity index (χ2n) is 23.1. The summed E-state index contributed by atoms with van der Waals surface area (Å²) in [6.07, 6.45) is 72.6. The van der Waals surface area contributed by atoms with E-state index in [4.69, 9.17) is 14.2 Å². The van der Waals surface area contributed by atoms with Gasteiger partial charge >= 0.3 is 17.9 Å². The molecule has 1 atom stereocenters. The van der Waals surface area contributed by atoms with E-state index in [0.29, 0.717) is 19.3 Å². The molecule has 0 aromatic carbocycles. The molecule has 0 rings (SSSR count). The van der Waals surface area contributed by atoms with E-state index in [-0.39, 0.29) is 31.1 Å². The van der Waals surface area contributed by atoms with E-state index in [1.54, 1.807) is 0 Å². The molecule has 0 radical (unpaired) electrons. The van der Waals surface area contributed by atoms with Gasteiger partial charge in [0.1, 0.15) is 13.2 Å². The van der Waals surface area contributed by atoms with Crippen molar-refractivity contribution in [1.82, 2.24) is 0 Å². The maximum Gasteiger partial charge on any atom is 0.306 e. The minimum atomic E-state index is -0.762. The smallest absolute Gasteiger partial charge is 0.306 e. The van der Waals surface area contributed by atoms with Crippen molar-refractivity contribution < 1.29 is 28.6 Å². The second-order valence-corrected chi connectivity index (χ2v) is 23.1. The SMILES string of the molecule is CCCCCCCCCCCCCCCCCCCCCCCCCCC(=O)OCC(COC(=O)CCCCCCCCCCCCCCCCC)OC(=O)CCCCCCCCCCCCCCCCCC. The predicted octanol–water partition coefficient (Wildman–Crippen LogP) is 22.7. The Hall–Kier alpha value is -1.59. The first kappa shape index (κ1) is 71.4. The van der Waals surface area contributed by atoms with Crippen LogP contribution in [0, 0.1) is 0 Å². The van der Waals surface area contributed by atoms with E-state index in [2.05, 4.69) is 20.8 Å². The molecule has 434 valence electrons. The lowest BCUT2D eigenvalue weighted by Gasteiger charge is -2.18. The van der Waals surface area contributed by atoms with Crippen molar-refractivity contribution in [3.8, 4) is 0 Å². The van der Waals surface area contributed by atoms with Crippen LogP contribution in [0.25, 0.3) is 0 Å². The number of esters is 3. The molecule has 0 saturated carbocycles. The van der Waals surface area contributed by atoms with Gasteiger partial charge in [-0.1, -0.05) is 355 Å². The molecule has 0 saturated heterocycles. The summed E-state index contributed by atoms with van der Waals surface area (Å²) in [5.74, 6) is -0.822. The summed E-state index contributed by atoms with van der Waals surface area (Å²) in [4.78, 5) is 38.3. The Kier molecular flexibility index (Phi) is 61.6. The van der Waals surface area contributed by atoms with Crippen LogP contribution in [0.1, 0.15) is 393 Å². The highest BCUT2D eigenvalue weighted by atomic mass is 16.6. The summed E-state index contributed by atoms with van der Waals surface area (Å²) in [6.45, 7) is 6.74. The van der Waals surface area contributed by atoms with Gasteiger partial charge in [0.2, 0.25) is 0 Å². The average Bonchev–Trinajstić information content (AvgIpc) is 3.39. The number of carbonyl (C=O) groups excluding carboxylic acids is 3. The molecule has 73 heavy (non-hydrogen) atoms. The summed E-state index contributed by atoms with van der Waals surface area (Å²) in [5.41, 5.74) is 0. The van der Waals surface area contributed by atoms with E-state index in [1.807, 2.05) is 0 Å². The lowest BCUT2D eigenvalue weighted by Crippen LogP contribution is -2.30. The van der Waals surface area contributed by atoms with Crippen molar-refractivity contribution >= 4 is 17.9 Å². The van der Waals surface area contributed by atoms with Crippen LogP contribution in [0.3, 0.4) is 0 Å². The Balaban J connectivity index is 4.21. The van der Waals surface area contributed by atoms with Gasteiger partial charge in [-0.3, -0.25) is 14.4 Å². The molecule has 0 heterocycles. The summed E-state index contributed by atoms with van der Waals surface area (Å²) in [5, 5.41) is 0. The molecule has 1 unspecified atom stereocenters. The summed E-state index contributed by atoms with van der Waals surface area (Å²) in [6, 6.07) is 0. The van der Waals surface area contributed by atoms with Crippen LogP contribution in [0.15, 0.2) is 0 Å². The van der Waals surface area contributed by atoms with Gasteiger partial charge in [0.05, 0.1) is 0 Å². The van der Waals surface area contributed by atoms with Gasteiger partial charge in [-0.25, -0.2) is 0 Å². The zero-order chi connectivity index (χ0) is 52.9. The van der Waals surface area contributed by atoms with Crippen molar-refractivity contribution in [2.75, 3.05) is 13.2 Å². The monoisotopic (exact) mass is 1030 g/mol. The van der Waals surface area contributed by atoms with E-state index < -0.39 is 6.10 Å². The van der Waals surface area contributed by atoms with Gasteiger partial charge in [-0.15, -0.1) is 0 Å². The van der Waals surface area contributed by atoms with Crippen LogP contribution >= 0.6 is 0 Å². The Bertz CT molecular complexity index is 1090. The van der Waals surface area contributed by atoms with Crippen LogP contribution in [0.2, 0.25) is 0 Å². The van der Waals surface area contributed by atoms with Crippen LogP contribution in [0.5, 0.6) is 0 Å². The molecule has 0 amide bonds. The van der Waals surface area contributed by atoms with E-state index in [0.717, 1.165) is 57.8 Å². The van der Waals surface area contributed by atoms with Crippen molar-refractivity contribution in [3.63, 3.8) is 0 Å². The van der Waals surface area contributed by atoms with Gasteiger partial charge < -0.3 is 14.2 Å². The third kappa shape index (κ3) is 61.1. The quantitative estimate of drug-likeness (QED) is 0.0343. The zero-order valence-electron chi connectivity index (χ0n) is 50.0. The van der Waals surface area contributed by atoms with Crippen LogP contribution < -0.4 is 0 Å². The third-order valence-corrected chi connectivity index (χ3v) is 15.6. The van der Waals surface area contributed by atoms with Gasteiger partial charge in [0, 0.05) is 19.3 Å². The summed E-state index contributed by atoms with van der Waals surface area (Å²) in [7, 11) is 0. The Morgan fingerprint density at radius 3 is 0.548 bits per heavy atom. The fraction of sp³-hybridized carbons (Fsp3) is 0.955. The van der Waals surface area contributed by atoms with Gasteiger partial charge in [0.15, 0.2) is 6.10 Å². The molecule has 0 fully saturated rings. The van der Waals surface area contributed by atoms with Crippen molar-refractivity contribution in [2.24, 2.45) is 0 Å². The van der Waals surface area contributed by atoms with Crippen molar-refractivity contribution in [1.29, 1.82) is 0 Å². The maximum atomic E-state index is 12.9. The highest BCUT2D eigenvalue weighted by Gasteiger charge is 2.19. The summed E-state index contributed by atoms with van der Waals surface area (Å²) >= 11 is 0. The second kappa shape index (κ2) is 62.9. The fourth-order valence-electron chi connectivity index (χ4n) is 10.6. The molecular weight excluding hydrogens is 901 g/mol. The first-order chi connectivity index (χ1) is 36.0. The first-order valence-corrected chi connectivity index (χ1v) is 33.5. The molecule has 0 aromatic rings. The maximum absolute atomic E-state index is 12.9. The predicted molar refractivity (Wildman–Crippen MR) is 317 cm³/mol. The topological polar surface area (TPSA) is 78.9 Å². The Morgan fingerprint density at radius 1 is 0.219 bits per heavy atom. The number of unbranched alkanes of at least 4 members (excludes halogenated alkanes) is 52. The molecule has 0 aliphatic heterocycles. The molecule has 6 nitrogen and oxygen atoms in total. The average molecular weight is 1030 g/mol. The number of carbonyl (C=O) groups is 3. The standard InChI is InChI=1S/C67H130O6/c1-4-7-10-13-16-19-22-25-28-30-31-32-33-34-35-36-37-40-42-45-48-51-54-57-60-66(69)72-63-64(62-71-65(68)59-56-53-50-47-44-41-38-27-24-21-18-15-12-9-6-3)73-67(70)61-58-55-52-49-46-43-39-29-26-23-20-17-14-11-8-5-2/h64H,4-63H2,1-3H3. The highest BCUT2D eigenvalue weighted by molar-refractivity contribution is 5.71. The zero-order valence-corrected chi connectivity index (χ0v) is 50.0. The lowest BCUT2D eigenvalue weighted by atomic mass is 10.0. The molecule has 0 aliphatic carbocycles. The normalized spacial score (nSPS) is 11.9. The Morgan fingerprint density at radius 2 is 0.370 bits per heavy atom. The minimum Gasteiger partial charge on any atom is -0.462 e.